The van der Waals surface area contributed by atoms with Crippen molar-refractivity contribution in [3.8, 4) is 0 Å². The number of piperidine rings is 1. The first-order chi connectivity index (χ1) is 11.0. The third kappa shape index (κ3) is 4.29. The van der Waals surface area contributed by atoms with Crippen LogP contribution in [0.25, 0.3) is 0 Å². The summed E-state index contributed by atoms with van der Waals surface area (Å²) in [5, 5.41) is 0. The van der Waals surface area contributed by atoms with Gasteiger partial charge < -0.3 is 4.90 Å². The second-order valence-electron chi connectivity index (χ2n) is 8.86. The Balaban J connectivity index is 1.47. The minimum atomic E-state index is 0.721. The fourth-order valence-electron chi connectivity index (χ4n) is 5.22. The van der Waals surface area contributed by atoms with E-state index in [4.69, 9.17) is 0 Å². The molecule has 0 radical (unpaired) electrons. The molecule has 3 nitrogen and oxygen atoms in total. The number of hydrogen-bond donors (Lipinski definition) is 0. The standard InChI is InChI=1S/C20H39N3/c1-16(2)21-11-9-20(10-12-21)23-14-13-22(15-18(23)4)19-7-5-17(3)6-8-19/h16-20H,5-15H2,1-4H3/t17?,18-,19?/m1/s1. The third-order valence-corrected chi connectivity index (χ3v) is 6.91. The summed E-state index contributed by atoms with van der Waals surface area (Å²) < 4.78 is 0. The monoisotopic (exact) mass is 321 g/mol. The summed E-state index contributed by atoms with van der Waals surface area (Å²) in [4.78, 5) is 8.33. The zero-order valence-electron chi connectivity index (χ0n) is 16.0. The summed E-state index contributed by atoms with van der Waals surface area (Å²) in [5.41, 5.74) is 0. The third-order valence-electron chi connectivity index (χ3n) is 6.91. The van der Waals surface area contributed by atoms with Gasteiger partial charge >= 0.3 is 0 Å². The van der Waals surface area contributed by atoms with E-state index in [0.29, 0.717) is 0 Å². The van der Waals surface area contributed by atoms with Gasteiger partial charge in [0.1, 0.15) is 0 Å². The van der Waals surface area contributed by atoms with Gasteiger partial charge in [-0.25, -0.2) is 0 Å². The van der Waals surface area contributed by atoms with Gasteiger partial charge in [-0.1, -0.05) is 6.92 Å². The normalized spacial score (nSPS) is 36.7. The Labute approximate surface area is 144 Å². The molecule has 1 saturated carbocycles. The van der Waals surface area contributed by atoms with Gasteiger partial charge in [0.25, 0.3) is 0 Å². The fourth-order valence-corrected chi connectivity index (χ4v) is 5.22. The molecule has 0 aromatic carbocycles. The van der Waals surface area contributed by atoms with Crippen LogP contribution in [-0.2, 0) is 0 Å². The number of hydrogen-bond acceptors (Lipinski definition) is 3. The lowest BCUT2D eigenvalue weighted by Crippen LogP contribution is -2.59. The average molecular weight is 322 g/mol. The van der Waals surface area contributed by atoms with Crippen LogP contribution < -0.4 is 0 Å². The molecule has 1 aliphatic carbocycles. The lowest BCUT2D eigenvalue weighted by atomic mass is 9.86. The van der Waals surface area contributed by atoms with Crippen LogP contribution in [-0.4, -0.2) is 71.6 Å². The van der Waals surface area contributed by atoms with E-state index in [2.05, 4.69) is 42.4 Å². The molecule has 3 fully saturated rings. The predicted octanol–water partition coefficient (Wildman–Crippen LogP) is 3.44. The van der Waals surface area contributed by atoms with Crippen molar-refractivity contribution < 1.29 is 0 Å². The highest BCUT2D eigenvalue weighted by Crippen LogP contribution is 2.30. The van der Waals surface area contributed by atoms with E-state index in [1.54, 1.807) is 0 Å². The van der Waals surface area contributed by atoms with Gasteiger partial charge in [0.15, 0.2) is 0 Å². The first-order valence-electron chi connectivity index (χ1n) is 10.3. The molecule has 0 aromatic heterocycles. The molecule has 1 atom stereocenters. The fraction of sp³-hybridized carbons (Fsp3) is 1.00. The van der Waals surface area contributed by atoms with Crippen molar-refractivity contribution in [2.45, 2.75) is 90.4 Å². The van der Waals surface area contributed by atoms with Crippen molar-refractivity contribution in [1.29, 1.82) is 0 Å². The van der Waals surface area contributed by atoms with E-state index in [9.17, 15) is 0 Å². The van der Waals surface area contributed by atoms with Crippen LogP contribution in [0, 0.1) is 5.92 Å². The minimum Gasteiger partial charge on any atom is -0.301 e. The lowest BCUT2D eigenvalue weighted by Gasteiger charge is -2.49. The van der Waals surface area contributed by atoms with Crippen LogP contribution in [0.4, 0.5) is 0 Å². The molecular formula is C20H39N3. The maximum atomic E-state index is 2.85. The zero-order valence-corrected chi connectivity index (χ0v) is 16.0. The molecule has 23 heavy (non-hydrogen) atoms. The van der Waals surface area contributed by atoms with Gasteiger partial charge in [0.05, 0.1) is 0 Å². The molecular weight excluding hydrogens is 282 g/mol. The average Bonchev–Trinajstić information content (AvgIpc) is 2.55. The molecule has 3 heteroatoms. The lowest BCUT2D eigenvalue weighted by molar-refractivity contribution is -0.00433. The summed E-state index contributed by atoms with van der Waals surface area (Å²) in [6, 6.07) is 3.20. The second-order valence-corrected chi connectivity index (χ2v) is 8.86. The van der Waals surface area contributed by atoms with Crippen LogP contribution >= 0.6 is 0 Å². The summed E-state index contributed by atoms with van der Waals surface area (Å²) in [6.45, 7) is 16.1. The number of likely N-dealkylation sites (tertiary alicyclic amines) is 1. The maximum absolute atomic E-state index is 2.85. The second kappa shape index (κ2) is 7.84. The van der Waals surface area contributed by atoms with Crippen LogP contribution in [0.3, 0.4) is 0 Å². The number of rotatable bonds is 3. The van der Waals surface area contributed by atoms with Crippen molar-refractivity contribution in [3.05, 3.63) is 0 Å². The SMILES string of the molecule is CC1CCC(N2CCN(C3CCN(C(C)C)CC3)[C@H](C)C2)CC1. The van der Waals surface area contributed by atoms with E-state index in [0.717, 1.165) is 30.1 Å². The van der Waals surface area contributed by atoms with Crippen molar-refractivity contribution in [2.75, 3.05) is 32.7 Å². The van der Waals surface area contributed by atoms with Crippen LogP contribution in [0.2, 0.25) is 0 Å². The molecule has 2 aliphatic heterocycles. The van der Waals surface area contributed by atoms with Crippen molar-refractivity contribution in [3.63, 3.8) is 0 Å². The zero-order chi connectivity index (χ0) is 16.4. The maximum Gasteiger partial charge on any atom is 0.0198 e. The van der Waals surface area contributed by atoms with Gasteiger partial charge in [-0.15, -0.1) is 0 Å². The van der Waals surface area contributed by atoms with E-state index in [1.165, 1.54) is 71.2 Å². The van der Waals surface area contributed by atoms with E-state index in [-0.39, 0.29) is 0 Å². The van der Waals surface area contributed by atoms with Gasteiger partial charge in [-0.2, -0.15) is 0 Å². The van der Waals surface area contributed by atoms with Crippen LogP contribution in [0.15, 0.2) is 0 Å². The molecule has 0 amide bonds. The van der Waals surface area contributed by atoms with Crippen LogP contribution in [0.1, 0.15) is 66.2 Å². The van der Waals surface area contributed by atoms with E-state index >= 15 is 0 Å². The van der Waals surface area contributed by atoms with Gasteiger partial charge in [0.2, 0.25) is 0 Å². The van der Waals surface area contributed by atoms with Gasteiger partial charge in [-0.3, -0.25) is 9.80 Å². The van der Waals surface area contributed by atoms with Crippen LogP contribution in [0.5, 0.6) is 0 Å². The quantitative estimate of drug-likeness (QED) is 0.788. The van der Waals surface area contributed by atoms with Gasteiger partial charge in [-0.05, 0) is 78.3 Å². The highest BCUT2D eigenvalue weighted by molar-refractivity contribution is 4.90. The molecule has 3 rings (SSSR count). The molecule has 0 N–H and O–H groups in total. The highest BCUT2D eigenvalue weighted by Gasteiger charge is 2.34. The van der Waals surface area contributed by atoms with E-state index in [1.807, 2.05) is 0 Å². The number of nitrogens with zero attached hydrogens (tertiary/aromatic N) is 3. The summed E-state index contributed by atoms with van der Waals surface area (Å²) in [5.74, 6) is 0.969. The van der Waals surface area contributed by atoms with Gasteiger partial charge in [0, 0.05) is 43.8 Å². The predicted molar refractivity (Wildman–Crippen MR) is 98.9 cm³/mol. The summed E-state index contributed by atoms with van der Waals surface area (Å²) in [6.07, 6.45) is 8.55. The number of piperazine rings is 1. The van der Waals surface area contributed by atoms with Crippen molar-refractivity contribution >= 4 is 0 Å². The molecule has 0 aromatic rings. The summed E-state index contributed by atoms with van der Waals surface area (Å²) in [7, 11) is 0. The van der Waals surface area contributed by atoms with Crippen molar-refractivity contribution in [2.24, 2.45) is 5.92 Å². The molecule has 0 unspecified atom stereocenters. The molecule has 2 saturated heterocycles. The first kappa shape index (κ1) is 17.7. The molecule has 2 heterocycles. The Bertz CT molecular complexity index is 354. The first-order valence-corrected chi connectivity index (χ1v) is 10.3. The smallest absolute Gasteiger partial charge is 0.0198 e. The Hall–Kier alpha value is -0.120. The largest absolute Gasteiger partial charge is 0.301 e. The minimum absolute atomic E-state index is 0.721. The molecule has 3 aliphatic rings. The highest BCUT2D eigenvalue weighted by atomic mass is 15.3. The van der Waals surface area contributed by atoms with E-state index < -0.39 is 0 Å². The Morgan fingerprint density at radius 3 is 1.96 bits per heavy atom. The Morgan fingerprint density at radius 2 is 1.39 bits per heavy atom. The molecule has 0 spiro atoms. The molecule has 0 bridgehead atoms. The van der Waals surface area contributed by atoms with Crippen molar-refractivity contribution in [1.82, 2.24) is 14.7 Å². The topological polar surface area (TPSA) is 9.72 Å². The Kier molecular flexibility index (Phi) is 6.03. The summed E-state index contributed by atoms with van der Waals surface area (Å²) >= 11 is 0. The molecule has 134 valence electrons. The Morgan fingerprint density at radius 1 is 0.739 bits per heavy atom.